The zero-order valence-corrected chi connectivity index (χ0v) is 13.2. The molecule has 0 saturated carbocycles. The van der Waals surface area contributed by atoms with Crippen LogP contribution in [0, 0.1) is 0 Å². The van der Waals surface area contributed by atoms with Crippen molar-refractivity contribution in [3.8, 4) is 0 Å². The topological polar surface area (TPSA) is 70.1 Å². The molecule has 0 atom stereocenters. The van der Waals surface area contributed by atoms with E-state index in [0.717, 1.165) is 36.2 Å². The van der Waals surface area contributed by atoms with Gasteiger partial charge in [0.25, 0.3) is 0 Å². The normalized spacial score (nSPS) is 15.0. The van der Waals surface area contributed by atoms with E-state index in [-0.39, 0.29) is 5.91 Å². The predicted octanol–water partition coefficient (Wildman–Crippen LogP) is 2.10. The third-order valence-corrected chi connectivity index (χ3v) is 4.12. The van der Waals surface area contributed by atoms with Crippen LogP contribution in [0.25, 0.3) is 0 Å². The number of aromatic nitrogens is 2. The van der Waals surface area contributed by atoms with Gasteiger partial charge in [-0.25, -0.2) is 9.97 Å². The molecule has 1 amide bonds. The van der Waals surface area contributed by atoms with Gasteiger partial charge in [-0.3, -0.25) is 4.79 Å². The van der Waals surface area contributed by atoms with Crippen molar-refractivity contribution in [2.75, 3.05) is 37.3 Å². The average Bonchev–Trinajstić information content (AvgIpc) is 2.49. The Bertz CT molecular complexity index is 462. The predicted molar refractivity (Wildman–Crippen MR) is 82.8 cm³/mol. The van der Waals surface area contributed by atoms with Gasteiger partial charge in [-0.2, -0.15) is 0 Å². The molecule has 0 aliphatic carbocycles. The van der Waals surface area contributed by atoms with Gasteiger partial charge in [-0.1, -0.05) is 0 Å². The SMILES string of the molecule is CNc1ncnc(NCCC(=O)N2CCCCC2)c1Br. The summed E-state index contributed by atoms with van der Waals surface area (Å²) in [5.74, 6) is 1.65. The monoisotopic (exact) mass is 341 g/mol. The maximum Gasteiger partial charge on any atom is 0.224 e. The first kappa shape index (κ1) is 15.0. The van der Waals surface area contributed by atoms with Gasteiger partial charge < -0.3 is 15.5 Å². The van der Waals surface area contributed by atoms with E-state index in [1.807, 2.05) is 4.90 Å². The van der Waals surface area contributed by atoms with Gasteiger partial charge in [-0.05, 0) is 35.2 Å². The van der Waals surface area contributed by atoms with E-state index >= 15 is 0 Å². The number of carbonyl (C=O) groups is 1. The molecule has 0 aromatic carbocycles. The Morgan fingerprint density at radius 1 is 1.30 bits per heavy atom. The molecular weight excluding hydrogens is 322 g/mol. The lowest BCUT2D eigenvalue weighted by Gasteiger charge is -2.26. The van der Waals surface area contributed by atoms with E-state index in [1.165, 1.54) is 12.7 Å². The van der Waals surface area contributed by atoms with Crippen molar-refractivity contribution in [1.82, 2.24) is 14.9 Å². The molecule has 20 heavy (non-hydrogen) atoms. The second-order valence-corrected chi connectivity index (χ2v) is 5.55. The summed E-state index contributed by atoms with van der Waals surface area (Å²) in [5, 5.41) is 6.15. The van der Waals surface area contributed by atoms with E-state index in [4.69, 9.17) is 0 Å². The molecule has 2 N–H and O–H groups in total. The highest BCUT2D eigenvalue weighted by Crippen LogP contribution is 2.25. The molecule has 2 rings (SSSR count). The number of carbonyl (C=O) groups excluding carboxylic acids is 1. The lowest BCUT2D eigenvalue weighted by Crippen LogP contribution is -2.36. The number of likely N-dealkylation sites (tertiary alicyclic amines) is 1. The first-order valence-electron chi connectivity index (χ1n) is 6.92. The van der Waals surface area contributed by atoms with Crippen LogP contribution in [-0.2, 0) is 4.79 Å². The van der Waals surface area contributed by atoms with Gasteiger partial charge in [0.05, 0.1) is 0 Å². The van der Waals surface area contributed by atoms with E-state index in [0.29, 0.717) is 18.8 Å². The number of amides is 1. The summed E-state index contributed by atoms with van der Waals surface area (Å²) in [4.78, 5) is 22.2. The van der Waals surface area contributed by atoms with Crippen molar-refractivity contribution in [3.63, 3.8) is 0 Å². The molecule has 1 aliphatic heterocycles. The summed E-state index contributed by atoms with van der Waals surface area (Å²) in [5.41, 5.74) is 0. The Kier molecular flexibility index (Phi) is 5.58. The average molecular weight is 342 g/mol. The Morgan fingerprint density at radius 3 is 2.70 bits per heavy atom. The standard InChI is InChI=1S/C13H20BrN5O/c1-15-12-11(14)13(18-9-17-12)16-6-5-10(20)19-7-3-2-4-8-19/h9H,2-8H2,1H3,(H2,15,16,17,18). The maximum absolute atomic E-state index is 12.0. The number of rotatable bonds is 5. The number of hydrogen-bond donors (Lipinski definition) is 2. The number of piperidine rings is 1. The Hall–Kier alpha value is -1.37. The van der Waals surface area contributed by atoms with Crippen molar-refractivity contribution >= 4 is 33.5 Å². The maximum atomic E-state index is 12.0. The molecule has 1 aromatic heterocycles. The van der Waals surface area contributed by atoms with Crippen LogP contribution in [0.3, 0.4) is 0 Å². The zero-order chi connectivity index (χ0) is 14.4. The number of hydrogen-bond acceptors (Lipinski definition) is 5. The number of nitrogens with zero attached hydrogens (tertiary/aromatic N) is 3. The fourth-order valence-electron chi connectivity index (χ4n) is 2.26. The van der Waals surface area contributed by atoms with Crippen LogP contribution in [-0.4, -0.2) is 47.5 Å². The molecule has 0 bridgehead atoms. The smallest absolute Gasteiger partial charge is 0.224 e. The van der Waals surface area contributed by atoms with E-state index in [9.17, 15) is 4.79 Å². The molecule has 6 nitrogen and oxygen atoms in total. The minimum atomic E-state index is 0.219. The van der Waals surface area contributed by atoms with Crippen LogP contribution in [0.5, 0.6) is 0 Å². The van der Waals surface area contributed by atoms with Gasteiger partial charge in [-0.15, -0.1) is 0 Å². The van der Waals surface area contributed by atoms with Crippen LogP contribution >= 0.6 is 15.9 Å². The number of halogens is 1. The van der Waals surface area contributed by atoms with Crippen molar-refractivity contribution in [2.24, 2.45) is 0 Å². The largest absolute Gasteiger partial charge is 0.372 e. The fraction of sp³-hybridized carbons (Fsp3) is 0.615. The first-order chi connectivity index (χ1) is 9.72. The van der Waals surface area contributed by atoms with Crippen LogP contribution in [0.4, 0.5) is 11.6 Å². The van der Waals surface area contributed by atoms with E-state index in [1.54, 1.807) is 7.05 Å². The summed E-state index contributed by atoms with van der Waals surface area (Å²) in [6, 6.07) is 0. The molecule has 1 aromatic rings. The minimum absolute atomic E-state index is 0.219. The molecule has 0 unspecified atom stereocenters. The molecule has 1 fully saturated rings. The van der Waals surface area contributed by atoms with Crippen LogP contribution in [0.1, 0.15) is 25.7 Å². The number of nitrogens with one attached hydrogen (secondary N) is 2. The Balaban J connectivity index is 1.82. The molecule has 0 radical (unpaired) electrons. The van der Waals surface area contributed by atoms with Gasteiger partial charge in [0, 0.05) is 33.1 Å². The highest BCUT2D eigenvalue weighted by molar-refractivity contribution is 9.10. The molecule has 0 spiro atoms. The lowest BCUT2D eigenvalue weighted by atomic mass is 10.1. The van der Waals surface area contributed by atoms with Crippen molar-refractivity contribution in [2.45, 2.75) is 25.7 Å². The van der Waals surface area contributed by atoms with Crippen molar-refractivity contribution < 1.29 is 4.79 Å². The summed E-state index contributed by atoms with van der Waals surface area (Å²) < 4.78 is 0.785. The minimum Gasteiger partial charge on any atom is -0.372 e. The van der Waals surface area contributed by atoms with Gasteiger partial charge in [0.15, 0.2) is 0 Å². The summed E-state index contributed by atoms with van der Waals surface area (Å²) >= 11 is 3.44. The molecule has 110 valence electrons. The molecule has 2 heterocycles. The van der Waals surface area contributed by atoms with E-state index < -0.39 is 0 Å². The molecule has 1 saturated heterocycles. The Morgan fingerprint density at radius 2 is 2.00 bits per heavy atom. The molecule has 7 heteroatoms. The van der Waals surface area contributed by atoms with Crippen molar-refractivity contribution in [3.05, 3.63) is 10.8 Å². The van der Waals surface area contributed by atoms with Crippen LogP contribution in [0.15, 0.2) is 10.8 Å². The van der Waals surface area contributed by atoms with Gasteiger partial charge >= 0.3 is 0 Å². The first-order valence-corrected chi connectivity index (χ1v) is 7.71. The highest BCUT2D eigenvalue weighted by Gasteiger charge is 2.16. The van der Waals surface area contributed by atoms with Crippen LogP contribution < -0.4 is 10.6 Å². The van der Waals surface area contributed by atoms with E-state index in [2.05, 4.69) is 36.5 Å². The summed E-state index contributed by atoms with van der Waals surface area (Å²) in [6.07, 6.45) is 5.48. The third kappa shape index (κ3) is 3.82. The summed E-state index contributed by atoms with van der Waals surface area (Å²) in [6.45, 7) is 2.38. The van der Waals surface area contributed by atoms with Crippen LogP contribution in [0.2, 0.25) is 0 Å². The third-order valence-electron chi connectivity index (χ3n) is 3.37. The van der Waals surface area contributed by atoms with Gasteiger partial charge in [0.1, 0.15) is 22.4 Å². The highest BCUT2D eigenvalue weighted by atomic mass is 79.9. The lowest BCUT2D eigenvalue weighted by molar-refractivity contribution is -0.131. The molecular formula is C13H20BrN5O. The van der Waals surface area contributed by atoms with Gasteiger partial charge in [0.2, 0.25) is 5.91 Å². The van der Waals surface area contributed by atoms with Crippen molar-refractivity contribution in [1.29, 1.82) is 0 Å². The summed E-state index contributed by atoms with van der Waals surface area (Å²) in [7, 11) is 1.80. The second-order valence-electron chi connectivity index (χ2n) is 4.75. The number of anilines is 2. The quantitative estimate of drug-likeness (QED) is 0.858. The second kappa shape index (κ2) is 7.42. The zero-order valence-electron chi connectivity index (χ0n) is 11.7. The Labute approximate surface area is 127 Å². The molecule has 1 aliphatic rings. The fourth-order valence-corrected chi connectivity index (χ4v) is 2.80.